The normalized spacial score (nSPS) is 12.4. The number of nitrogens with zero attached hydrogens (tertiary/aromatic N) is 4. The zero-order chi connectivity index (χ0) is 12.3. The van der Waals surface area contributed by atoms with Gasteiger partial charge < -0.3 is 5.32 Å². The number of halogens is 1. The summed E-state index contributed by atoms with van der Waals surface area (Å²) in [4.78, 5) is 12.7. The number of rotatable bonds is 4. The minimum Gasteiger partial charge on any atom is -0.360 e. The van der Waals surface area contributed by atoms with Crippen molar-refractivity contribution in [2.24, 2.45) is 0 Å². The van der Waals surface area contributed by atoms with Crippen LogP contribution in [0.25, 0.3) is 0 Å². The topological polar surface area (TPSA) is 79.4 Å². The van der Waals surface area contributed by atoms with Crippen LogP contribution in [0.15, 0.2) is 17.0 Å². The number of H-pyrrole nitrogens is 1. The summed E-state index contributed by atoms with van der Waals surface area (Å²) >= 11 is 3.37. The summed E-state index contributed by atoms with van der Waals surface area (Å²) < 4.78 is 0.775. The molecule has 17 heavy (non-hydrogen) atoms. The van der Waals surface area contributed by atoms with Gasteiger partial charge in [0.2, 0.25) is 0 Å². The highest BCUT2D eigenvalue weighted by atomic mass is 79.9. The number of aryl methyl sites for hydroxylation is 1. The molecule has 2 aromatic heterocycles. The molecule has 7 heteroatoms. The van der Waals surface area contributed by atoms with E-state index < -0.39 is 0 Å². The van der Waals surface area contributed by atoms with Gasteiger partial charge in [0.15, 0.2) is 0 Å². The lowest BCUT2D eigenvalue weighted by molar-refractivity contribution is 0.784. The average molecular weight is 297 g/mol. The third kappa shape index (κ3) is 3.00. The van der Waals surface area contributed by atoms with Gasteiger partial charge in [-0.3, -0.25) is 5.10 Å². The minimum absolute atomic E-state index is 0.0176. The van der Waals surface area contributed by atoms with Crippen LogP contribution in [0, 0.1) is 0 Å². The quantitative estimate of drug-likeness (QED) is 0.845. The number of hydrogen-bond donors (Lipinski definition) is 2. The summed E-state index contributed by atoms with van der Waals surface area (Å²) in [7, 11) is 0. The number of anilines is 1. The lowest BCUT2D eigenvalue weighted by atomic mass is 10.3. The second-order valence-electron chi connectivity index (χ2n) is 3.58. The minimum atomic E-state index is 0.0176. The first-order valence-electron chi connectivity index (χ1n) is 5.34. The molecule has 0 bridgehead atoms. The molecule has 2 rings (SSSR count). The maximum atomic E-state index is 4.39. The Hall–Kier alpha value is -1.50. The van der Waals surface area contributed by atoms with Crippen LogP contribution in [0.5, 0.6) is 0 Å². The van der Waals surface area contributed by atoms with Crippen molar-refractivity contribution in [1.29, 1.82) is 0 Å². The van der Waals surface area contributed by atoms with Crippen LogP contribution in [0.1, 0.15) is 31.5 Å². The van der Waals surface area contributed by atoms with Gasteiger partial charge in [0.1, 0.15) is 28.4 Å². The third-order valence-corrected chi connectivity index (χ3v) is 2.67. The Kier molecular flexibility index (Phi) is 3.68. The number of hydrogen-bond acceptors (Lipinski definition) is 5. The predicted octanol–water partition coefficient (Wildman–Crippen LogP) is 2.09. The van der Waals surface area contributed by atoms with E-state index in [2.05, 4.69) is 46.4 Å². The summed E-state index contributed by atoms with van der Waals surface area (Å²) in [6.45, 7) is 4.01. The van der Waals surface area contributed by atoms with Crippen LogP contribution in [-0.2, 0) is 6.42 Å². The summed E-state index contributed by atoms with van der Waals surface area (Å²) in [5, 5.41) is 9.88. The first-order valence-corrected chi connectivity index (χ1v) is 6.13. The molecule has 0 aliphatic heterocycles. The Balaban J connectivity index is 2.15. The van der Waals surface area contributed by atoms with Gasteiger partial charge in [-0.25, -0.2) is 15.0 Å². The van der Waals surface area contributed by atoms with Crippen molar-refractivity contribution in [3.63, 3.8) is 0 Å². The molecule has 0 saturated heterocycles. The Labute approximate surface area is 107 Å². The van der Waals surface area contributed by atoms with Crippen LogP contribution < -0.4 is 5.32 Å². The van der Waals surface area contributed by atoms with Gasteiger partial charge in [0, 0.05) is 12.5 Å². The van der Waals surface area contributed by atoms with E-state index in [4.69, 9.17) is 0 Å². The molecule has 0 saturated carbocycles. The second kappa shape index (κ2) is 5.22. The van der Waals surface area contributed by atoms with Crippen LogP contribution in [0.3, 0.4) is 0 Å². The van der Waals surface area contributed by atoms with Gasteiger partial charge >= 0.3 is 0 Å². The monoisotopic (exact) mass is 296 g/mol. The van der Waals surface area contributed by atoms with Gasteiger partial charge in [-0.15, -0.1) is 0 Å². The van der Waals surface area contributed by atoms with Gasteiger partial charge in [-0.2, -0.15) is 5.10 Å². The molecule has 2 aromatic rings. The first-order chi connectivity index (χ1) is 8.19. The fraction of sp³-hybridized carbons (Fsp3) is 0.400. The van der Waals surface area contributed by atoms with E-state index in [0.717, 1.165) is 28.5 Å². The third-order valence-electron chi connectivity index (χ3n) is 2.27. The Morgan fingerprint density at radius 3 is 2.94 bits per heavy atom. The SMILES string of the molecule is CCc1nc(Br)cc(NC(C)c2ncn[nH]2)n1. The summed E-state index contributed by atoms with van der Waals surface area (Å²) in [5.41, 5.74) is 0. The molecule has 0 radical (unpaired) electrons. The summed E-state index contributed by atoms with van der Waals surface area (Å²) in [6, 6.07) is 1.86. The highest BCUT2D eigenvalue weighted by Crippen LogP contribution is 2.17. The molecule has 0 aliphatic carbocycles. The lowest BCUT2D eigenvalue weighted by Gasteiger charge is -2.12. The van der Waals surface area contributed by atoms with Crippen molar-refractivity contribution >= 4 is 21.7 Å². The highest BCUT2D eigenvalue weighted by Gasteiger charge is 2.10. The summed E-state index contributed by atoms with van der Waals surface area (Å²) in [5.74, 6) is 2.34. The van der Waals surface area contributed by atoms with Crippen LogP contribution in [-0.4, -0.2) is 25.1 Å². The smallest absolute Gasteiger partial charge is 0.146 e. The molecule has 2 N–H and O–H groups in total. The highest BCUT2D eigenvalue weighted by molar-refractivity contribution is 9.10. The maximum absolute atomic E-state index is 4.39. The molecule has 0 amide bonds. The van der Waals surface area contributed by atoms with E-state index in [0.29, 0.717) is 0 Å². The molecule has 0 aliphatic rings. The van der Waals surface area contributed by atoms with Crippen LogP contribution in [0.2, 0.25) is 0 Å². The molecule has 1 atom stereocenters. The number of aromatic nitrogens is 5. The van der Waals surface area contributed by atoms with E-state index in [9.17, 15) is 0 Å². The van der Waals surface area contributed by atoms with Gasteiger partial charge in [0.25, 0.3) is 0 Å². The Bertz CT molecular complexity index is 484. The van der Waals surface area contributed by atoms with Crippen molar-refractivity contribution < 1.29 is 0 Å². The fourth-order valence-corrected chi connectivity index (χ4v) is 1.83. The van der Waals surface area contributed by atoms with Crippen molar-refractivity contribution in [1.82, 2.24) is 25.1 Å². The summed E-state index contributed by atoms with van der Waals surface area (Å²) in [6.07, 6.45) is 2.28. The Morgan fingerprint density at radius 2 is 2.29 bits per heavy atom. The van der Waals surface area contributed by atoms with Crippen molar-refractivity contribution in [2.75, 3.05) is 5.32 Å². The molecule has 1 unspecified atom stereocenters. The van der Waals surface area contributed by atoms with E-state index in [1.165, 1.54) is 6.33 Å². The molecular formula is C10H13BrN6. The van der Waals surface area contributed by atoms with Crippen molar-refractivity contribution in [2.45, 2.75) is 26.3 Å². The van der Waals surface area contributed by atoms with Gasteiger partial charge in [-0.1, -0.05) is 6.92 Å². The van der Waals surface area contributed by atoms with E-state index in [1.54, 1.807) is 0 Å². The predicted molar refractivity (Wildman–Crippen MR) is 67.5 cm³/mol. The average Bonchev–Trinajstić information content (AvgIpc) is 2.81. The maximum Gasteiger partial charge on any atom is 0.146 e. The van der Waals surface area contributed by atoms with Gasteiger partial charge in [0.05, 0.1) is 6.04 Å². The van der Waals surface area contributed by atoms with Crippen LogP contribution in [0.4, 0.5) is 5.82 Å². The molecular weight excluding hydrogens is 284 g/mol. The zero-order valence-corrected chi connectivity index (χ0v) is 11.2. The fourth-order valence-electron chi connectivity index (χ4n) is 1.41. The van der Waals surface area contributed by atoms with E-state index >= 15 is 0 Å². The molecule has 0 aromatic carbocycles. The molecule has 90 valence electrons. The number of aromatic amines is 1. The molecule has 0 spiro atoms. The molecule has 6 nitrogen and oxygen atoms in total. The zero-order valence-electron chi connectivity index (χ0n) is 9.61. The van der Waals surface area contributed by atoms with E-state index in [-0.39, 0.29) is 6.04 Å². The second-order valence-corrected chi connectivity index (χ2v) is 4.39. The Morgan fingerprint density at radius 1 is 1.47 bits per heavy atom. The standard InChI is InChI=1S/C10H13BrN6/c1-3-8-15-7(11)4-9(16-8)14-6(2)10-12-5-13-17-10/h4-6H,3H2,1-2H3,(H,12,13,17)(H,14,15,16). The van der Waals surface area contributed by atoms with Crippen molar-refractivity contribution in [3.8, 4) is 0 Å². The first kappa shape index (κ1) is 12.0. The molecule has 0 fully saturated rings. The van der Waals surface area contributed by atoms with E-state index in [1.807, 2.05) is 19.9 Å². The molecule has 2 heterocycles. The van der Waals surface area contributed by atoms with Crippen molar-refractivity contribution in [3.05, 3.63) is 28.6 Å². The van der Waals surface area contributed by atoms with Crippen LogP contribution >= 0.6 is 15.9 Å². The largest absolute Gasteiger partial charge is 0.360 e. The van der Waals surface area contributed by atoms with Gasteiger partial charge in [-0.05, 0) is 22.9 Å². The number of nitrogens with one attached hydrogen (secondary N) is 2. The lowest BCUT2D eigenvalue weighted by Crippen LogP contribution is -2.11.